The first-order valence-corrected chi connectivity index (χ1v) is 6.08. The van der Waals surface area contributed by atoms with Crippen LogP contribution in [-0.4, -0.2) is 64.9 Å². The minimum atomic E-state index is -0.000555. The van der Waals surface area contributed by atoms with E-state index in [9.17, 15) is 4.79 Å². The molecule has 0 aliphatic carbocycles. The molecule has 0 fully saturated rings. The van der Waals surface area contributed by atoms with Gasteiger partial charge in [-0.1, -0.05) is 6.92 Å². The highest BCUT2D eigenvalue weighted by atomic mass is 16.5. The second-order valence-corrected chi connectivity index (χ2v) is 4.12. The van der Waals surface area contributed by atoms with Crippen molar-refractivity contribution >= 4 is 5.91 Å². The van der Waals surface area contributed by atoms with Crippen LogP contribution in [-0.2, 0) is 14.3 Å². The monoisotopic (exact) mass is 246 g/mol. The molecule has 0 aliphatic heterocycles. The lowest BCUT2D eigenvalue weighted by Gasteiger charge is -2.25. The zero-order valence-corrected chi connectivity index (χ0v) is 11.5. The van der Waals surface area contributed by atoms with E-state index in [1.54, 1.807) is 14.2 Å². The summed E-state index contributed by atoms with van der Waals surface area (Å²) in [6, 6.07) is 0. The van der Waals surface area contributed by atoms with Gasteiger partial charge in [0.15, 0.2) is 0 Å². The van der Waals surface area contributed by atoms with E-state index < -0.39 is 0 Å². The Morgan fingerprint density at radius 3 is 2.41 bits per heavy atom. The summed E-state index contributed by atoms with van der Waals surface area (Å²) in [6.07, 6.45) is 0.859. The minimum Gasteiger partial charge on any atom is -0.385 e. The van der Waals surface area contributed by atoms with Crippen molar-refractivity contribution in [3.05, 3.63) is 0 Å². The molecule has 0 spiro atoms. The Hall–Kier alpha value is -0.650. The summed E-state index contributed by atoms with van der Waals surface area (Å²) in [5.74, 6) is 0.173. The second-order valence-electron chi connectivity index (χ2n) is 4.12. The van der Waals surface area contributed by atoms with E-state index in [4.69, 9.17) is 9.47 Å². The van der Waals surface area contributed by atoms with Crippen LogP contribution in [0.15, 0.2) is 0 Å². The van der Waals surface area contributed by atoms with Gasteiger partial charge in [0.1, 0.15) is 0 Å². The molecule has 0 aromatic heterocycles. The summed E-state index contributed by atoms with van der Waals surface area (Å²) in [5.41, 5.74) is 0. The van der Waals surface area contributed by atoms with E-state index in [-0.39, 0.29) is 11.8 Å². The molecule has 1 amide bonds. The number of rotatable bonds is 10. The van der Waals surface area contributed by atoms with E-state index in [0.717, 1.165) is 13.0 Å². The van der Waals surface area contributed by atoms with Gasteiger partial charge in [0.05, 0.1) is 6.61 Å². The molecule has 0 saturated carbocycles. The smallest absolute Gasteiger partial charge is 0.226 e. The lowest BCUT2D eigenvalue weighted by atomic mass is 10.1. The van der Waals surface area contributed by atoms with Crippen LogP contribution in [0.2, 0.25) is 0 Å². The number of ether oxygens (including phenoxy) is 2. The quantitative estimate of drug-likeness (QED) is 0.565. The van der Waals surface area contributed by atoms with Gasteiger partial charge in [-0.3, -0.25) is 4.79 Å². The first-order valence-electron chi connectivity index (χ1n) is 6.08. The molecule has 0 rings (SSSR count). The van der Waals surface area contributed by atoms with Gasteiger partial charge in [0.2, 0.25) is 5.91 Å². The summed E-state index contributed by atoms with van der Waals surface area (Å²) >= 11 is 0. The fourth-order valence-electron chi connectivity index (χ4n) is 1.64. The molecule has 17 heavy (non-hydrogen) atoms. The van der Waals surface area contributed by atoms with Crippen molar-refractivity contribution in [2.75, 3.05) is 54.1 Å². The zero-order chi connectivity index (χ0) is 13.1. The average Bonchev–Trinajstić information content (AvgIpc) is 2.33. The molecule has 102 valence electrons. The molecule has 0 aliphatic rings. The van der Waals surface area contributed by atoms with Crippen molar-refractivity contribution in [2.24, 2.45) is 5.92 Å². The maximum absolute atomic E-state index is 12.1. The molecule has 0 aromatic rings. The van der Waals surface area contributed by atoms with Crippen LogP contribution in [0.1, 0.15) is 13.3 Å². The zero-order valence-electron chi connectivity index (χ0n) is 11.5. The van der Waals surface area contributed by atoms with Gasteiger partial charge in [-0.15, -0.1) is 0 Å². The normalized spacial score (nSPS) is 12.5. The first kappa shape index (κ1) is 16.4. The number of carbonyl (C=O) groups is 1. The summed E-state index contributed by atoms with van der Waals surface area (Å²) in [5, 5.41) is 3.02. The number of carbonyl (C=O) groups excluding carboxylic acids is 1. The summed E-state index contributed by atoms with van der Waals surface area (Å²) in [4.78, 5) is 14.0. The number of hydrogen-bond donors (Lipinski definition) is 1. The third-order valence-corrected chi connectivity index (χ3v) is 2.59. The van der Waals surface area contributed by atoms with Crippen molar-refractivity contribution < 1.29 is 14.3 Å². The molecule has 0 radical (unpaired) electrons. The number of amides is 1. The molecule has 1 unspecified atom stereocenters. The van der Waals surface area contributed by atoms with Crippen LogP contribution in [0.5, 0.6) is 0 Å². The molecule has 0 aromatic carbocycles. The number of nitrogens with one attached hydrogen (secondary N) is 1. The van der Waals surface area contributed by atoms with Crippen LogP contribution >= 0.6 is 0 Å². The van der Waals surface area contributed by atoms with Crippen LogP contribution in [0.4, 0.5) is 0 Å². The van der Waals surface area contributed by atoms with Crippen molar-refractivity contribution in [1.82, 2.24) is 10.2 Å². The van der Waals surface area contributed by atoms with E-state index >= 15 is 0 Å². The van der Waals surface area contributed by atoms with Crippen molar-refractivity contribution in [1.29, 1.82) is 0 Å². The third-order valence-electron chi connectivity index (χ3n) is 2.59. The molecule has 0 saturated heterocycles. The average molecular weight is 246 g/mol. The molecule has 1 atom stereocenters. The van der Waals surface area contributed by atoms with Gasteiger partial charge in [-0.25, -0.2) is 0 Å². The van der Waals surface area contributed by atoms with E-state index in [2.05, 4.69) is 5.32 Å². The van der Waals surface area contributed by atoms with Crippen LogP contribution in [0, 0.1) is 5.92 Å². The van der Waals surface area contributed by atoms with Crippen LogP contribution < -0.4 is 5.32 Å². The summed E-state index contributed by atoms with van der Waals surface area (Å²) in [6.45, 7) is 5.26. The molecule has 0 heterocycles. The van der Waals surface area contributed by atoms with Gasteiger partial charge in [-0.05, 0) is 13.5 Å². The Balaban J connectivity index is 4.17. The molecule has 5 heteroatoms. The number of methoxy groups -OCH3 is 2. The molecular formula is C12H26N2O3. The van der Waals surface area contributed by atoms with Gasteiger partial charge in [-0.2, -0.15) is 0 Å². The van der Waals surface area contributed by atoms with Crippen LogP contribution in [0.25, 0.3) is 0 Å². The Morgan fingerprint density at radius 1 is 1.24 bits per heavy atom. The van der Waals surface area contributed by atoms with E-state index in [0.29, 0.717) is 26.3 Å². The van der Waals surface area contributed by atoms with Gasteiger partial charge >= 0.3 is 0 Å². The highest BCUT2D eigenvalue weighted by Gasteiger charge is 2.19. The molecule has 5 nitrogen and oxygen atoms in total. The van der Waals surface area contributed by atoms with Crippen molar-refractivity contribution in [2.45, 2.75) is 13.3 Å². The Morgan fingerprint density at radius 2 is 1.88 bits per heavy atom. The van der Waals surface area contributed by atoms with Crippen molar-refractivity contribution in [3.63, 3.8) is 0 Å². The molecule has 1 N–H and O–H groups in total. The first-order chi connectivity index (χ1) is 8.17. The number of nitrogens with zero attached hydrogens (tertiary/aromatic N) is 1. The lowest BCUT2D eigenvalue weighted by molar-refractivity contribution is -0.135. The van der Waals surface area contributed by atoms with Crippen molar-refractivity contribution in [3.8, 4) is 0 Å². The maximum atomic E-state index is 12.1. The molecular weight excluding hydrogens is 220 g/mol. The fraction of sp³-hybridized carbons (Fsp3) is 0.917. The number of hydrogen-bond acceptors (Lipinski definition) is 4. The van der Waals surface area contributed by atoms with Gasteiger partial charge in [0.25, 0.3) is 0 Å². The predicted molar refractivity (Wildman–Crippen MR) is 68.0 cm³/mol. The Bertz CT molecular complexity index is 200. The maximum Gasteiger partial charge on any atom is 0.226 e. The lowest BCUT2D eigenvalue weighted by Crippen LogP contribution is -2.41. The minimum absolute atomic E-state index is 0.000555. The van der Waals surface area contributed by atoms with Crippen LogP contribution in [0.3, 0.4) is 0 Å². The Labute approximate surface area is 104 Å². The fourth-order valence-corrected chi connectivity index (χ4v) is 1.64. The van der Waals surface area contributed by atoms with E-state index in [1.165, 1.54) is 0 Å². The van der Waals surface area contributed by atoms with E-state index in [1.807, 2.05) is 18.9 Å². The summed E-state index contributed by atoms with van der Waals surface area (Å²) in [7, 11) is 5.17. The highest BCUT2D eigenvalue weighted by molar-refractivity contribution is 5.78. The largest absolute Gasteiger partial charge is 0.385 e. The molecule has 0 bridgehead atoms. The second kappa shape index (κ2) is 10.5. The Kier molecular flexibility index (Phi) is 10.1. The van der Waals surface area contributed by atoms with Gasteiger partial charge < -0.3 is 19.7 Å². The SMILES string of the molecule is CNCC(C)C(=O)N(CCCOC)CCOC. The topological polar surface area (TPSA) is 50.8 Å². The predicted octanol–water partition coefficient (Wildman–Crippen LogP) is 0.353. The third kappa shape index (κ3) is 7.31. The summed E-state index contributed by atoms with van der Waals surface area (Å²) < 4.78 is 10.0. The highest BCUT2D eigenvalue weighted by Crippen LogP contribution is 2.03. The van der Waals surface area contributed by atoms with Gasteiger partial charge in [0, 0.05) is 46.4 Å². The standard InChI is InChI=1S/C12H26N2O3/c1-11(10-13-2)12(15)14(7-9-17-4)6-5-8-16-3/h11,13H,5-10H2,1-4H3.